The lowest BCUT2D eigenvalue weighted by Gasteiger charge is -2.17. The maximum atomic E-state index is 12.9. The molecule has 2 aromatic heterocycles. The molecule has 25 heavy (non-hydrogen) atoms. The predicted octanol–water partition coefficient (Wildman–Crippen LogP) is 1.88. The molecule has 0 spiro atoms. The number of amides is 1. The lowest BCUT2D eigenvalue weighted by Crippen LogP contribution is -2.36. The number of carbonyl (C=O) groups is 1. The second-order valence-corrected chi connectivity index (χ2v) is 8.23. The number of nitrogens with zero attached hydrogens (tertiary/aromatic N) is 2. The molecular weight excluding hydrogens is 338 g/mol. The van der Waals surface area contributed by atoms with E-state index in [1.54, 1.807) is 11.3 Å². The van der Waals surface area contributed by atoms with Crippen LogP contribution < -0.4 is 10.9 Å². The van der Waals surface area contributed by atoms with Gasteiger partial charge in [-0.1, -0.05) is 6.92 Å². The van der Waals surface area contributed by atoms with Gasteiger partial charge in [0.1, 0.15) is 11.4 Å². The monoisotopic (exact) mass is 361 g/mol. The summed E-state index contributed by atoms with van der Waals surface area (Å²) in [4.78, 5) is 31.6. The Labute approximate surface area is 150 Å². The quantitative estimate of drug-likeness (QED) is 0.902. The minimum Gasteiger partial charge on any atom is -0.376 e. The topological polar surface area (TPSA) is 73.2 Å². The van der Waals surface area contributed by atoms with Crippen molar-refractivity contribution in [3.63, 3.8) is 0 Å². The van der Waals surface area contributed by atoms with Crippen molar-refractivity contribution in [2.75, 3.05) is 13.2 Å². The van der Waals surface area contributed by atoms with E-state index in [1.165, 1.54) is 15.8 Å². The molecule has 1 fully saturated rings. The van der Waals surface area contributed by atoms with Crippen molar-refractivity contribution in [3.8, 4) is 0 Å². The molecule has 6 nitrogen and oxygen atoms in total. The Hall–Kier alpha value is -1.73. The number of hydrogen-bond acceptors (Lipinski definition) is 5. The van der Waals surface area contributed by atoms with Crippen molar-refractivity contribution in [1.82, 2.24) is 14.9 Å². The maximum Gasteiger partial charge on any atom is 0.262 e. The Morgan fingerprint density at radius 1 is 1.48 bits per heavy atom. The molecule has 2 aliphatic rings. The standard InChI is InChI=1S/C18H23N3O3S/c1-11-4-5-13-14(7-11)25-17-16(13)18(23)21(10-20-17)9-15(22)19-8-12-3-2-6-24-12/h10-12H,2-9H2,1H3,(H,19,22). The van der Waals surface area contributed by atoms with Gasteiger partial charge in [0, 0.05) is 18.0 Å². The van der Waals surface area contributed by atoms with Gasteiger partial charge >= 0.3 is 0 Å². The zero-order chi connectivity index (χ0) is 17.4. The van der Waals surface area contributed by atoms with Gasteiger partial charge in [0.05, 0.1) is 17.8 Å². The number of hydrogen-bond donors (Lipinski definition) is 1. The second kappa shape index (κ2) is 6.88. The van der Waals surface area contributed by atoms with E-state index in [-0.39, 0.29) is 24.1 Å². The first-order valence-corrected chi connectivity index (χ1v) is 9.81. The summed E-state index contributed by atoms with van der Waals surface area (Å²) in [6, 6.07) is 0. The number of rotatable bonds is 4. The molecule has 1 aliphatic carbocycles. The number of nitrogens with one attached hydrogen (secondary N) is 1. The van der Waals surface area contributed by atoms with Crippen LogP contribution in [0.1, 0.15) is 36.6 Å². The van der Waals surface area contributed by atoms with Crippen molar-refractivity contribution in [3.05, 3.63) is 27.1 Å². The summed E-state index contributed by atoms with van der Waals surface area (Å²) in [5.74, 6) is 0.489. The molecule has 0 bridgehead atoms. The van der Waals surface area contributed by atoms with Crippen LogP contribution in [-0.2, 0) is 28.9 Å². The van der Waals surface area contributed by atoms with Gasteiger partial charge in [0.15, 0.2) is 0 Å². The van der Waals surface area contributed by atoms with E-state index >= 15 is 0 Å². The number of aromatic nitrogens is 2. The smallest absolute Gasteiger partial charge is 0.262 e. The summed E-state index contributed by atoms with van der Waals surface area (Å²) in [5, 5.41) is 3.58. The maximum absolute atomic E-state index is 12.9. The molecule has 7 heteroatoms. The van der Waals surface area contributed by atoms with E-state index in [2.05, 4.69) is 17.2 Å². The van der Waals surface area contributed by atoms with Crippen molar-refractivity contribution in [2.45, 2.75) is 51.7 Å². The summed E-state index contributed by atoms with van der Waals surface area (Å²) in [6.45, 7) is 3.53. The van der Waals surface area contributed by atoms with Crippen molar-refractivity contribution in [2.24, 2.45) is 5.92 Å². The first-order valence-electron chi connectivity index (χ1n) is 9.00. The van der Waals surface area contributed by atoms with Crippen LogP contribution in [0.3, 0.4) is 0 Å². The van der Waals surface area contributed by atoms with E-state index in [9.17, 15) is 9.59 Å². The third-order valence-electron chi connectivity index (χ3n) is 5.15. The first-order chi connectivity index (χ1) is 12.1. The van der Waals surface area contributed by atoms with Gasteiger partial charge in [-0.2, -0.15) is 0 Å². The lowest BCUT2D eigenvalue weighted by atomic mass is 9.89. The summed E-state index contributed by atoms with van der Waals surface area (Å²) in [7, 11) is 0. The summed E-state index contributed by atoms with van der Waals surface area (Å²) < 4.78 is 6.93. The fraction of sp³-hybridized carbons (Fsp3) is 0.611. The van der Waals surface area contributed by atoms with Gasteiger partial charge in [-0.05, 0) is 43.6 Å². The fourth-order valence-corrected chi connectivity index (χ4v) is 5.06. The van der Waals surface area contributed by atoms with E-state index in [1.807, 2.05) is 0 Å². The molecule has 0 aromatic carbocycles. The molecule has 1 N–H and O–H groups in total. The number of ether oxygens (including phenoxy) is 1. The molecule has 3 heterocycles. The molecule has 1 amide bonds. The highest BCUT2D eigenvalue weighted by Crippen LogP contribution is 2.35. The zero-order valence-corrected chi connectivity index (χ0v) is 15.2. The van der Waals surface area contributed by atoms with Crippen LogP contribution in [-0.4, -0.2) is 34.7 Å². The normalized spacial score (nSPS) is 22.9. The Kier molecular flexibility index (Phi) is 4.60. The average molecular weight is 361 g/mol. The number of aryl methyl sites for hydroxylation is 1. The van der Waals surface area contributed by atoms with Crippen LogP contribution in [0.25, 0.3) is 10.2 Å². The van der Waals surface area contributed by atoms with E-state index in [0.29, 0.717) is 12.5 Å². The minimum absolute atomic E-state index is 0.00944. The van der Waals surface area contributed by atoms with Gasteiger partial charge in [0.25, 0.3) is 5.56 Å². The molecule has 1 saturated heterocycles. The Morgan fingerprint density at radius 3 is 3.16 bits per heavy atom. The summed E-state index contributed by atoms with van der Waals surface area (Å²) in [6.07, 6.45) is 6.69. The molecule has 1 aliphatic heterocycles. The molecule has 4 rings (SSSR count). The van der Waals surface area contributed by atoms with Crippen molar-refractivity contribution < 1.29 is 9.53 Å². The third-order valence-corrected chi connectivity index (χ3v) is 6.31. The van der Waals surface area contributed by atoms with Gasteiger partial charge < -0.3 is 10.1 Å². The molecule has 2 aromatic rings. The molecule has 0 radical (unpaired) electrons. The SMILES string of the molecule is CC1CCc2c(sc3ncn(CC(=O)NCC4CCCO4)c(=O)c23)C1. The number of thiophene rings is 1. The van der Waals surface area contributed by atoms with Crippen LogP contribution in [0.4, 0.5) is 0 Å². The summed E-state index contributed by atoms with van der Waals surface area (Å²) in [5.41, 5.74) is 1.06. The van der Waals surface area contributed by atoms with E-state index in [0.717, 1.165) is 54.5 Å². The van der Waals surface area contributed by atoms with Gasteiger partial charge in [-0.3, -0.25) is 14.2 Å². The molecule has 2 unspecified atom stereocenters. The van der Waals surface area contributed by atoms with Crippen LogP contribution in [0, 0.1) is 5.92 Å². The van der Waals surface area contributed by atoms with E-state index in [4.69, 9.17) is 4.74 Å². The Morgan fingerprint density at radius 2 is 2.36 bits per heavy atom. The van der Waals surface area contributed by atoms with Crippen LogP contribution in [0.5, 0.6) is 0 Å². The highest BCUT2D eigenvalue weighted by Gasteiger charge is 2.23. The van der Waals surface area contributed by atoms with Crippen LogP contribution >= 0.6 is 11.3 Å². The first kappa shape index (κ1) is 16.7. The predicted molar refractivity (Wildman–Crippen MR) is 97.1 cm³/mol. The second-order valence-electron chi connectivity index (χ2n) is 7.15. The fourth-order valence-electron chi connectivity index (χ4n) is 3.72. The molecule has 0 saturated carbocycles. The third kappa shape index (κ3) is 3.35. The van der Waals surface area contributed by atoms with Crippen LogP contribution in [0.2, 0.25) is 0 Å². The highest BCUT2D eigenvalue weighted by molar-refractivity contribution is 7.18. The zero-order valence-electron chi connectivity index (χ0n) is 14.4. The molecular formula is C18H23N3O3S. The largest absolute Gasteiger partial charge is 0.376 e. The minimum atomic E-state index is -0.170. The highest BCUT2D eigenvalue weighted by atomic mass is 32.1. The van der Waals surface area contributed by atoms with Gasteiger partial charge in [-0.25, -0.2) is 4.98 Å². The van der Waals surface area contributed by atoms with Crippen molar-refractivity contribution in [1.29, 1.82) is 0 Å². The van der Waals surface area contributed by atoms with Gasteiger partial charge in [-0.15, -0.1) is 11.3 Å². The van der Waals surface area contributed by atoms with Crippen molar-refractivity contribution >= 4 is 27.5 Å². The Balaban J connectivity index is 1.53. The number of carbonyl (C=O) groups excluding carboxylic acids is 1. The van der Waals surface area contributed by atoms with Gasteiger partial charge in [0.2, 0.25) is 5.91 Å². The number of fused-ring (bicyclic) bond motifs is 3. The van der Waals surface area contributed by atoms with Crippen LogP contribution in [0.15, 0.2) is 11.1 Å². The Bertz CT molecular complexity index is 851. The lowest BCUT2D eigenvalue weighted by molar-refractivity contribution is -0.122. The molecule has 134 valence electrons. The molecule has 2 atom stereocenters. The van der Waals surface area contributed by atoms with E-state index < -0.39 is 0 Å². The summed E-state index contributed by atoms with van der Waals surface area (Å²) >= 11 is 1.63. The average Bonchev–Trinajstić information content (AvgIpc) is 3.22.